The van der Waals surface area contributed by atoms with Crippen molar-refractivity contribution in [2.24, 2.45) is 5.92 Å². The van der Waals surface area contributed by atoms with Gasteiger partial charge in [-0.25, -0.2) is 8.42 Å². The number of hydrogen-bond donors (Lipinski definition) is 1. The fourth-order valence-electron chi connectivity index (χ4n) is 3.64. The zero-order valence-corrected chi connectivity index (χ0v) is 18.8. The second-order valence-electron chi connectivity index (χ2n) is 7.44. The second-order valence-corrected chi connectivity index (χ2v) is 9.35. The lowest BCUT2D eigenvalue weighted by Gasteiger charge is -2.31. The number of nitrogens with zero attached hydrogens (tertiary/aromatic N) is 2. The third kappa shape index (κ3) is 4.83. The molecule has 0 aromatic heterocycles. The quantitative estimate of drug-likeness (QED) is 0.494. The maximum atomic E-state index is 13.1. The Balaban J connectivity index is 1.68. The maximum absolute atomic E-state index is 13.1. The van der Waals surface area contributed by atoms with Crippen molar-refractivity contribution in [1.82, 2.24) is 4.31 Å². The van der Waals surface area contributed by atoms with Gasteiger partial charge in [0, 0.05) is 42.9 Å². The molecule has 3 rings (SSSR count). The third-order valence-corrected chi connectivity index (χ3v) is 7.52. The molecule has 1 amide bonds. The fraction of sp³-hybridized carbons (Fsp3) is 0.381. The molecule has 0 spiro atoms. The second kappa shape index (κ2) is 9.53. The highest BCUT2D eigenvalue weighted by Gasteiger charge is 2.33. The molecular weight excluding hydrogens is 438 g/mol. The van der Waals surface area contributed by atoms with Crippen molar-refractivity contribution < 1.29 is 27.6 Å². The minimum atomic E-state index is -3.91. The SMILES string of the molecule is COc1ccc(NC(=O)C2CCN(S(=O)(=O)c3cc([N+](=O)[O-])ccc3C)CC2)cc1OC. The Morgan fingerprint density at radius 3 is 2.34 bits per heavy atom. The van der Waals surface area contributed by atoms with E-state index in [4.69, 9.17) is 9.47 Å². The third-order valence-electron chi connectivity index (χ3n) is 5.48. The van der Waals surface area contributed by atoms with Crippen LogP contribution in [-0.4, -0.2) is 50.9 Å². The number of methoxy groups -OCH3 is 2. The number of benzene rings is 2. The molecule has 172 valence electrons. The molecule has 0 radical (unpaired) electrons. The summed E-state index contributed by atoms with van der Waals surface area (Å²) in [5.74, 6) is 0.459. The molecule has 1 fully saturated rings. The number of sulfonamides is 1. The molecule has 2 aromatic carbocycles. The van der Waals surface area contributed by atoms with Crippen LogP contribution in [0.2, 0.25) is 0 Å². The van der Waals surface area contributed by atoms with Gasteiger partial charge in [-0.3, -0.25) is 14.9 Å². The molecule has 0 saturated carbocycles. The summed E-state index contributed by atoms with van der Waals surface area (Å²) in [6.07, 6.45) is 0.679. The van der Waals surface area contributed by atoms with E-state index in [9.17, 15) is 23.3 Å². The Hall–Kier alpha value is -3.18. The Kier molecular flexibility index (Phi) is 6.99. The van der Waals surface area contributed by atoms with E-state index in [1.165, 1.54) is 30.7 Å². The van der Waals surface area contributed by atoms with Gasteiger partial charge in [-0.15, -0.1) is 0 Å². The molecular formula is C21H25N3O7S. The lowest BCUT2D eigenvalue weighted by molar-refractivity contribution is -0.385. The largest absolute Gasteiger partial charge is 0.493 e. The number of nitro benzene ring substituents is 1. The summed E-state index contributed by atoms with van der Waals surface area (Å²) in [6.45, 7) is 1.89. The van der Waals surface area contributed by atoms with Crippen molar-refractivity contribution in [2.75, 3.05) is 32.6 Å². The monoisotopic (exact) mass is 463 g/mol. The van der Waals surface area contributed by atoms with E-state index >= 15 is 0 Å². The molecule has 32 heavy (non-hydrogen) atoms. The Morgan fingerprint density at radius 1 is 1.09 bits per heavy atom. The van der Waals surface area contributed by atoms with Crippen LogP contribution in [0.15, 0.2) is 41.3 Å². The lowest BCUT2D eigenvalue weighted by Crippen LogP contribution is -2.41. The van der Waals surface area contributed by atoms with Gasteiger partial charge in [-0.1, -0.05) is 6.07 Å². The Morgan fingerprint density at radius 2 is 1.75 bits per heavy atom. The summed E-state index contributed by atoms with van der Waals surface area (Å²) >= 11 is 0. The van der Waals surface area contributed by atoms with Crippen LogP contribution in [0.3, 0.4) is 0 Å². The first-order valence-corrected chi connectivity index (χ1v) is 11.4. The highest BCUT2D eigenvalue weighted by Crippen LogP contribution is 2.31. The van der Waals surface area contributed by atoms with E-state index in [1.54, 1.807) is 25.1 Å². The zero-order chi connectivity index (χ0) is 23.5. The van der Waals surface area contributed by atoms with Crippen molar-refractivity contribution in [3.8, 4) is 11.5 Å². The molecule has 1 heterocycles. The molecule has 10 nitrogen and oxygen atoms in total. The van der Waals surface area contributed by atoms with Gasteiger partial charge < -0.3 is 14.8 Å². The van der Waals surface area contributed by atoms with Gasteiger partial charge in [-0.05, 0) is 37.5 Å². The summed E-state index contributed by atoms with van der Waals surface area (Å²) in [6, 6.07) is 8.82. The average molecular weight is 464 g/mol. The zero-order valence-electron chi connectivity index (χ0n) is 18.0. The smallest absolute Gasteiger partial charge is 0.270 e. The number of amides is 1. The van der Waals surface area contributed by atoms with E-state index in [0.717, 1.165) is 6.07 Å². The molecule has 1 aliphatic heterocycles. The highest BCUT2D eigenvalue weighted by molar-refractivity contribution is 7.89. The van der Waals surface area contributed by atoms with Gasteiger partial charge in [0.25, 0.3) is 5.69 Å². The molecule has 1 aliphatic rings. The molecule has 1 N–H and O–H groups in total. The number of carbonyl (C=O) groups excluding carboxylic acids is 1. The number of nitro groups is 1. The Bertz CT molecular complexity index is 1130. The number of non-ortho nitro benzene ring substituents is 1. The molecule has 0 unspecified atom stereocenters. The first-order valence-electron chi connectivity index (χ1n) is 9.95. The predicted molar refractivity (Wildman–Crippen MR) is 117 cm³/mol. The first-order chi connectivity index (χ1) is 15.2. The van der Waals surface area contributed by atoms with Gasteiger partial charge >= 0.3 is 0 Å². The first kappa shape index (κ1) is 23.5. The molecule has 0 atom stereocenters. The normalized spacial score (nSPS) is 15.2. The van der Waals surface area contributed by atoms with Crippen molar-refractivity contribution in [1.29, 1.82) is 0 Å². The van der Waals surface area contributed by atoms with Crippen LogP contribution < -0.4 is 14.8 Å². The lowest BCUT2D eigenvalue weighted by atomic mass is 9.97. The van der Waals surface area contributed by atoms with Crippen LogP contribution in [0.25, 0.3) is 0 Å². The predicted octanol–water partition coefficient (Wildman–Crippen LogP) is 2.96. The molecule has 0 aliphatic carbocycles. The molecule has 11 heteroatoms. The summed E-state index contributed by atoms with van der Waals surface area (Å²) in [7, 11) is -0.883. The number of anilines is 1. The summed E-state index contributed by atoms with van der Waals surface area (Å²) in [5.41, 5.74) is 0.706. The van der Waals surface area contributed by atoms with E-state index in [-0.39, 0.29) is 35.5 Å². The van der Waals surface area contributed by atoms with E-state index < -0.39 is 14.9 Å². The van der Waals surface area contributed by atoms with Crippen LogP contribution in [0.4, 0.5) is 11.4 Å². The van der Waals surface area contributed by atoms with E-state index in [1.807, 2.05) is 0 Å². The fourth-order valence-corrected chi connectivity index (χ4v) is 5.35. The van der Waals surface area contributed by atoms with Crippen LogP contribution >= 0.6 is 0 Å². The molecule has 2 aromatic rings. The van der Waals surface area contributed by atoms with Gasteiger partial charge in [0.15, 0.2) is 11.5 Å². The number of carbonyl (C=O) groups is 1. The van der Waals surface area contributed by atoms with Crippen molar-refractivity contribution >= 4 is 27.3 Å². The number of nitrogens with one attached hydrogen (secondary N) is 1. The average Bonchev–Trinajstić information content (AvgIpc) is 2.79. The van der Waals surface area contributed by atoms with Crippen LogP contribution in [0.1, 0.15) is 18.4 Å². The maximum Gasteiger partial charge on any atom is 0.270 e. The van der Waals surface area contributed by atoms with Gasteiger partial charge in [-0.2, -0.15) is 4.31 Å². The van der Waals surface area contributed by atoms with E-state index in [0.29, 0.717) is 35.6 Å². The topological polar surface area (TPSA) is 128 Å². The summed E-state index contributed by atoms with van der Waals surface area (Å²) in [4.78, 5) is 23.0. The number of aryl methyl sites for hydroxylation is 1. The van der Waals surface area contributed by atoms with Crippen LogP contribution in [0, 0.1) is 23.0 Å². The highest BCUT2D eigenvalue weighted by atomic mass is 32.2. The van der Waals surface area contributed by atoms with Gasteiger partial charge in [0.1, 0.15) is 0 Å². The van der Waals surface area contributed by atoms with Crippen molar-refractivity contribution in [3.63, 3.8) is 0 Å². The number of piperidine rings is 1. The summed E-state index contributed by atoms with van der Waals surface area (Å²) in [5, 5.41) is 13.9. The van der Waals surface area contributed by atoms with Gasteiger partial charge in [0.2, 0.25) is 15.9 Å². The van der Waals surface area contributed by atoms with Crippen molar-refractivity contribution in [2.45, 2.75) is 24.7 Å². The summed E-state index contributed by atoms with van der Waals surface area (Å²) < 4.78 is 37.8. The standard InChI is InChI=1S/C21H25N3O7S/c1-14-4-6-17(24(26)27)13-20(14)32(28,29)23-10-8-15(9-11-23)21(25)22-16-5-7-18(30-2)19(12-16)31-3/h4-7,12-13,15H,8-11H2,1-3H3,(H,22,25). The van der Waals surface area contributed by atoms with Crippen LogP contribution in [-0.2, 0) is 14.8 Å². The van der Waals surface area contributed by atoms with Gasteiger partial charge in [0.05, 0.1) is 24.0 Å². The minimum absolute atomic E-state index is 0.0834. The minimum Gasteiger partial charge on any atom is -0.493 e. The van der Waals surface area contributed by atoms with Crippen molar-refractivity contribution in [3.05, 3.63) is 52.1 Å². The molecule has 0 bridgehead atoms. The number of hydrogen-bond acceptors (Lipinski definition) is 7. The van der Waals surface area contributed by atoms with Crippen LogP contribution in [0.5, 0.6) is 11.5 Å². The number of ether oxygens (including phenoxy) is 2. The molecule has 1 saturated heterocycles. The Labute approximate surface area is 186 Å². The van der Waals surface area contributed by atoms with E-state index in [2.05, 4.69) is 5.32 Å². The number of rotatable bonds is 7.